The van der Waals surface area contributed by atoms with Crippen LogP contribution in [0, 0.1) is 23.7 Å². The number of rotatable bonds is 7. The smallest absolute Gasteiger partial charge is 0.240 e. The van der Waals surface area contributed by atoms with Gasteiger partial charge in [0.1, 0.15) is 6.54 Å². The van der Waals surface area contributed by atoms with Crippen molar-refractivity contribution in [2.45, 2.75) is 70.8 Å². The Balaban J connectivity index is 1.53. The Labute approximate surface area is 181 Å². The number of benzene rings is 1. The van der Waals surface area contributed by atoms with Crippen molar-refractivity contribution in [2.24, 2.45) is 23.7 Å². The maximum Gasteiger partial charge on any atom is 0.240 e. The molecule has 6 heteroatoms. The molecule has 1 aromatic carbocycles. The summed E-state index contributed by atoms with van der Waals surface area (Å²) in [5, 5.41) is 2.91. The Bertz CT molecular complexity index is 856. The number of sulfonamides is 1. The average molecular weight is 433 g/mol. The van der Waals surface area contributed by atoms with E-state index in [-0.39, 0.29) is 23.9 Å². The Morgan fingerprint density at radius 1 is 1.03 bits per heavy atom. The third kappa shape index (κ3) is 4.25. The van der Waals surface area contributed by atoms with Crippen molar-refractivity contribution in [3.05, 3.63) is 29.8 Å². The molecular weight excluding hydrogens is 396 g/mol. The number of hydrogen-bond donors (Lipinski definition) is 1. The van der Waals surface area contributed by atoms with Crippen molar-refractivity contribution in [2.75, 3.05) is 17.1 Å². The van der Waals surface area contributed by atoms with E-state index in [0.717, 1.165) is 17.8 Å². The molecule has 0 aliphatic heterocycles. The third-order valence-electron chi connectivity index (χ3n) is 7.88. The second kappa shape index (κ2) is 7.85. The van der Waals surface area contributed by atoms with Crippen LogP contribution in [0.3, 0.4) is 0 Å². The van der Waals surface area contributed by atoms with E-state index in [0.29, 0.717) is 11.6 Å². The van der Waals surface area contributed by atoms with Crippen molar-refractivity contribution in [3.8, 4) is 0 Å². The normalized spacial score (nSPS) is 31.0. The maximum absolute atomic E-state index is 12.5. The molecule has 1 amide bonds. The van der Waals surface area contributed by atoms with Gasteiger partial charge in [-0.25, -0.2) is 8.42 Å². The third-order valence-corrected chi connectivity index (χ3v) is 9.02. The number of hydrogen-bond acceptors (Lipinski definition) is 3. The minimum atomic E-state index is -3.55. The van der Waals surface area contributed by atoms with Gasteiger partial charge in [0.25, 0.3) is 0 Å². The van der Waals surface area contributed by atoms with E-state index in [1.54, 1.807) is 0 Å². The van der Waals surface area contributed by atoms with Gasteiger partial charge < -0.3 is 5.32 Å². The van der Waals surface area contributed by atoms with E-state index in [1.165, 1.54) is 54.6 Å². The van der Waals surface area contributed by atoms with Crippen LogP contribution in [0.1, 0.15) is 64.9 Å². The highest BCUT2D eigenvalue weighted by atomic mass is 32.2. The van der Waals surface area contributed by atoms with Gasteiger partial charge in [-0.2, -0.15) is 0 Å². The molecule has 4 saturated carbocycles. The fourth-order valence-electron chi connectivity index (χ4n) is 6.44. The Morgan fingerprint density at radius 3 is 1.97 bits per heavy atom. The molecule has 0 saturated heterocycles. The molecule has 5 nitrogen and oxygen atoms in total. The number of nitrogens with zero attached hydrogens (tertiary/aromatic N) is 1. The molecule has 4 aliphatic rings. The molecule has 1 atom stereocenters. The lowest BCUT2D eigenvalue weighted by Crippen LogP contribution is -2.48. The van der Waals surface area contributed by atoms with Gasteiger partial charge >= 0.3 is 0 Å². The SMILES string of the molecule is CC(C)C(C)NC(=O)CN(c1ccc(C23CC4CC(CC(C4)C2)C3)cc1)S(C)(=O)=O. The van der Waals surface area contributed by atoms with E-state index in [2.05, 4.69) is 17.4 Å². The van der Waals surface area contributed by atoms with Gasteiger partial charge in [0.2, 0.25) is 15.9 Å². The van der Waals surface area contributed by atoms with Gasteiger partial charge in [-0.05, 0) is 92.2 Å². The van der Waals surface area contributed by atoms with Crippen LogP contribution in [0.5, 0.6) is 0 Å². The minimum Gasteiger partial charge on any atom is -0.352 e. The first-order valence-corrected chi connectivity index (χ1v) is 13.3. The molecule has 1 aromatic rings. The highest BCUT2D eigenvalue weighted by Gasteiger charge is 2.51. The van der Waals surface area contributed by atoms with Gasteiger partial charge in [0.05, 0.1) is 11.9 Å². The molecule has 4 aliphatic carbocycles. The lowest BCUT2D eigenvalue weighted by molar-refractivity contribution is -0.120. The average Bonchev–Trinajstić information content (AvgIpc) is 2.64. The zero-order valence-corrected chi connectivity index (χ0v) is 19.5. The first-order valence-electron chi connectivity index (χ1n) is 11.4. The van der Waals surface area contributed by atoms with Gasteiger partial charge in [-0.3, -0.25) is 9.10 Å². The van der Waals surface area contributed by atoms with Crippen molar-refractivity contribution >= 4 is 21.6 Å². The van der Waals surface area contributed by atoms with E-state index in [4.69, 9.17) is 0 Å². The summed E-state index contributed by atoms with van der Waals surface area (Å²) in [4.78, 5) is 12.5. The van der Waals surface area contributed by atoms with Gasteiger partial charge in [-0.1, -0.05) is 26.0 Å². The molecular formula is C24H36N2O3S. The van der Waals surface area contributed by atoms with Crippen LogP contribution in [-0.2, 0) is 20.2 Å². The van der Waals surface area contributed by atoms with Crippen LogP contribution in [0.15, 0.2) is 24.3 Å². The molecule has 4 bridgehead atoms. The lowest BCUT2D eigenvalue weighted by Gasteiger charge is -2.57. The number of amides is 1. The Kier molecular flexibility index (Phi) is 5.67. The molecule has 4 fully saturated rings. The number of carbonyl (C=O) groups excluding carboxylic acids is 1. The van der Waals surface area contributed by atoms with Crippen LogP contribution in [0.4, 0.5) is 5.69 Å². The quantitative estimate of drug-likeness (QED) is 0.706. The van der Waals surface area contributed by atoms with E-state index >= 15 is 0 Å². The summed E-state index contributed by atoms with van der Waals surface area (Å²) in [6.45, 7) is 5.81. The fourth-order valence-corrected chi connectivity index (χ4v) is 7.30. The summed E-state index contributed by atoms with van der Waals surface area (Å²) in [6.07, 6.45) is 9.23. The monoisotopic (exact) mass is 432 g/mol. The van der Waals surface area contributed by atoms with Crippen molar-refractivity contribution < 1.29 is 13.2 Å². The highest BCUT2D eigenvalue weighted by Crippen LogP contribution is 2.60. The maximum atomic E-state index is 12.5. The first kappa shape index (κ1) is 21.7. The molecule has 1 N–H and O–H groups in total. The van der Waals surface area contributed by atoms with Gasteiger partial charge in [-0.15, -0.1) is 0 Å². The van der Waals surface area contributed by atoms with Crippen LogP contribution < -0.4 is 9.62 Å². The first-order chi connectivity index (χ1) is 14.1. The summed E-state index contributed by atoms with van der Waals surface area (Å²) in [5.41, 5.74) is 2.21. The molecule has 0 heterocycles. The Hall–Kier alpha value is -1.56. The summed E-state index contributed by atoms with van der Waals surface area (Å²) in [6, 6.07) is 8.03. The predicted molar refractivity (Wildman–Crippen MR) is 121 cm³/mol. The summed E-state index contributed by atoms with van der Waals surface area (Å²) < 4.78 is 26.1. The second-order valence-corrected chi connectivity index (χ2v) is 12.5. The minimum absolute atomic E-state index is 0.00244. The largest absolute Gasteiger partial charge is 0.352 e. The van der Waals surface area contributed by atoms with Crippen LogP contribution in [0.25, 0.3) is 0 Å². The second-order valence-electron chi connectivity index (χ2n) is 10.6. The standard InChI is InChI=1S/C24H36N2O3S/c1-16(2)17(3)25-23(27)15-26(30(4,28)29)22-7-5-21(6-8-22)24-12-18-9-19(13-24)11-20(10-18)14-24/h5-8,16-20H,9-15H2,1-4H3,(H,25,27). The van der Waals surface area contributed by atoms with Crippen LogP contribution in [0.2, 0.25) is 0 Å². The van der Waals surface area contributed by atoms with E-state index < -0.39 is 10.0 Å². The lowest BCUT2D eigenvalue weighted by atomic mass is 9.48. The molecule has 30 heavy (non-hydrogen) atoms. The van der Waals surface area contributed by atoms with Crippen molar-refractivity contribution in [1.82, 2.24) is 5.32 Å². The summed E-state index contributed by atoms with van der Waals surface area (Å²) in [5.74, 6) is 2.63. The van der Waals surface area contributed by atoms with Crippen molar-refractivity contribution in [3.63, 3.8) is 0 Å². The molecule has 0 aromatic heterocycles. The molecule has 166 valence electrons. The molecule has 0 radical (unpaired) electrons. The predicted octanol–water partition coefficient (Wildman–Crippen LogP) is 4.08. The summed E-state index contributed by atoms with van der Waals surface area (Å²) in [7, 11) is -3.55. The number of carbonyl (C=O) groups is 1. The number of nitrogens with one attached hydrogen (secondary N) is 1. The Morgan fingerprint density at radius 2 is 1.53 bits per heavy atom. The number of anilines is 1. The van der Waals surface area contributed by atoms with Crippen LogP contribution in [-0.4, -0.2) is 33.2 Å². The zero-order chi connectivity index (χ0) is 21.7. The van der Waals surface area contributed by atoms with E-state index in [1.807, 2.05) is 32.9 Å². The molecule has 0 spiro atoms. The fraction of sp³-hybridized carbons (Fsp3) is 0.708. The topological polar surface area (TPSA) is 66.5 Å². The van der Waals surface area contributed by atoms with Crippen molar-refractivity contribution in [1.29, 1.82) is 0 Å². The van der Waals surface area contributed by atoms with Gasteiger partial charge in [0, 0.05) is 6.04 Å². The summed E-state index contributed by atoms with van der Waals surface area (Å²) >= 11 is 0. The van der Waals surface area contributed by atoms with Gasteiger partial charge in [0.15, 0.2) is 0 Å². The van der Waals surface area contributed by atoms with Crippen LogP contribution >= 0.6 is 0 Å². The van der Waals surface area contributed by atoms with E-state index in [9.17, 15) is 13.2 Å². The highest BCUT2D eigenvalue weighted by molar-refractivity contribution is 7.92. The molecule has 5 rings (SSSR count). The zero-order valence-electron chi connectivity index (χ0n) is 18.7. The molecule has 1 unspecified atom stereocenters.